The Morgan fingerprint density at radius 3 is 2.78 bits per heavy atom. The predicted molar refractivity (Wildman–Crippen MR) is 70.2 cm³/mol. The van der Waals surface area contributed by atoms with Crippen molar-refractivity contribution in [1.29, 1.82) is 0 Å². The Morgan fingerprint density at radius 1 is 1.28 bits per heavy atom. The molecule has 0 saturated carbocycles. The second-order valence-corrected chi connectivity index (χ2v) is 4.10. The summed E-state index contributed by atoms with van der Waals surface area (Å²) in [4.78, 5) is 2.00. The maximum absolute atomic E-state index is 5.30. The number of furan rings is 1. The molecule has 0 aromatic carbocycles. The first-order valence-corrected chi connectivity index (χ1v) is 6.06. The number of hydrogen-bond donors (Lipinski definition) is 1. The van der Waals surface area contributed by atoms with E-state index < -0.39 is 0 Å². The van der Waals surface area contributed by atoms with Crippen LogP contribution in [0.1, 0.15) is 18.4 Å². The standard InChI is InChI=1S/C13H18N4O/c1-3-14-9-11-6-7-13(16-15-11)17(2)10-12-5-4-8-18-12/h4-8,14H,3,9-10H2,1-2H3. The Kier molecular flexibility index (Phi) is 4.30. The largest absolute Gasteiger partial charge is 0.467 e. The number of hydrogen-bond acceptors (Lipinski definition) is 5. The third kappa shape index (κ3) is 3.30. The van der Waals surface area contributed by atoms with Gasteiger partial charge < -0.3 is 14.6 Å². The lowest BCUT2D eigenvalue weighted by atomic mass is 10.3. The van der Waals surface area contributed by atoms with Crippen LogP contribution in [0.3, 0.4) is 0 Å². The van der Waals surface area contributed by atoms with Crippen LogP contribution in [-0.2, 0) is 13.1 Å². The van der Waals surface area contributed by atoms with Gasteiger partial charge in [-0.25, -0.2) is 0 Å². The molecular weight excluding hydrogens is 228 g/mol. The minimum Gasteiger partial charge on any atom is -0.467 e. The number of nitrogens with zero attached hydrogens (tertiary/aromatic N) is 3. The average Bonchev–Trinajstić information content (AvgIpc) is 2.89. The lowest BCUT2D eigenvalue weighted by Gasteiger charge is -2.16. The highest BCUT2D eigenvalue weighted by Gasteiger charge is 2.06. The van der Waals surface area contributed by atoms with Gasteiger partial charge in [-0.1, -0.05) is 6.92 Å². The van der Waals surface area contributed by atoms with E-state index >= 15 is 0 Å². The molecule has 0 bridgehead atoms. The van der Waals surface area contributed by atoms with E-state index in [9.17, 15) is 0 Å². The van der Waals surface area contributed by atoms with Crippen LogP contribution in [0.5, 0.6) is 0 Å². The lowest BCUT2D eigenvalue weighted by molar-refractivity contribution is 0.506. The van der Waals surface area contributed by atoms with Gasteiger partial charge in [-0.05, 0) is 30.8 Å². The molecule has 0 unspecified atom stereocenters. The molecule has 2 aromatic heterocycles. The van der Waals surface area contributed by atoms with Crippen molar-refractivity contribution in [2.75, 3.05) is 18.5 Å². The molecule has 0 spiro atoms. The van der Waals surface area contributed by atoms with Crippen molar-refractivity contribution in [2.24, 2.45) is 0 Å². The second kappa shape index (κ2) is 6.16. The molecule has 0 amide bonds. The zero-order valence-electron chi connectivity index (χ0n) is 10.8. The summed E-state index contributed by atoms with van der Waals surface area (Å²) in [5.41, 5.74) is 0.951. The Bertz CT molecular complexity index is 452. The lowest BCUT2D eigenvalue weighted by Crippen LogP contribution is -2.19. The molecule has 2 rings (SSSR count). The maximum Gasteiger partial charge on any atom is 0.151 e. The highest BCUT2D eigenvalue weighted by Crippen LogP contribution is 2.12. The van der Waals surface area contributed by atoms with Crippen LogP contribution in [0, 0.1) is 0 Å². The molecule has 18 heavy (non-hydrogen) atoms. The van der Waals surface area contributed by atoms with Crippen molar-refractivity contribution < 1.29 is 4.42 Å². The quantitative estimate of drug-likeness (QED) is 0.842. The van der Waals surface area contributed by atoms with Crippen molar-refractivity contribution in [3.8, 4) is 0 Å². The van der Waals surface area contributed by atoms with Crippen molar-refractivity contribution in [3.63, 3.8) is 0 Å². The molecular formula is C13H18N4O. The van der Waals surface area contributed by atoms with Gasteiger partial charge in [0.25, 0.3) is 0 Å². The zero-order valence-corrected chi connectivity index (χ0v) is 10.8. The Balaban J connectivity index is 1.96. The van der Waals surface area contributed by atoms with E-state index in [2.05, 4.69) is 22.4 Å². The van der Waals surface area contributed by atoms with Crippen molar-refractivity contribution in [3.05, 3.63) is 42.0 Å². The molecule has 0 fully saturated rings. The number of anilines is 1. The first-order valence-electron chi connectivity index (χ1n) is 6.06. The van der Waals surface area contributed by atoms with E-state index in [1.807, 2.05) is 36.2 Å². The molecule has 0 radical (unpaired) electrons. The third-order valence-electron chi connectivity index (χ3n) is 2.63. The van der Waals surface area contributed by atoms with Gasteiger partial charge in [-0.15, -0.1) is 5.10 Å². The van der Waals surface area contributed by atoms with Crippen LogP contribution in [-0.4, -0.2) is 23.8 Å². The summed E-state index contributed by atoms with van der Waals surface area (Å²) in [7, 11) is 1.97. The fraction of sp³-hybridized carbons (Fsp3) is 0.385. The molecule has 5 nitrogen and oxygen atoms in total. The van der Waals surface area contributed by atoms with Crippen LogP contribution < -0.4 is 10.2 Å². The van der Waals surface area contributed by atoms with E-state index in [1.165, 1.54) is 0 Å². The summed E-state index contributed by atoms with van der Waals surface area (Å²) in [6.45, 7) is 4.45. The molecule has 96 valence electrons. The van der Waals surface area contributed by atoms with Gasteiger partial charge in [0.15, 0.2) is 5.82 Å². The fourth-order valence-electron chi connectivity index (χ4n) is 1.62. The number of aromatic nitrogens is 2. The van der Waals surface area contributed by atoms with Gasteiger partial charge in [-0.3, -0.25) is 0 Å². The Hall–Kier alpha value is -1.88. The highest BCUT2D eigenvalue weighted by molar-refractivity contribution is 5.36. The molecule has 0 atom stereocenters. The zero-order chi connectivity index (χ0) is 12.8. The van der Waals surface area contributed by atoms with Gasteiger partial charge in [0, 0.05) is 13.6 Å². The molecule has 0 aliphatic carbocycles. The van der Waals surface area contributed by atoms with Crippen molar-refractivity contribution in [1.82, 2.24) is 15.5 Å². The van der Waals surface area contributed by atoms with E-state index in [0.717, 1.165) is 30.4 Å². The van der Waals surface area contributed by atoms with Gasteiger partial charge in [-0.2, -0.15) is 5.10 Å². The molecule has 0 aliphatic heterocycles. The normalized spacial score (nSPS) is 10.6. The number of nitrogens with one attached hydrogen (secondary N) is 1. The van der Waals surface area contributed by atoms with E-state index in [4.69, 9.17) is 4.42 Å². The average molecular weight is 246 g/mol. The van der Waals surface area contributed by atoms with Crippen LogP contribution in [0.4, 0.5) is 5.82 Å². The van der Waals surface area contributed by atoms with E-state index in [1.54, 1.807) is 6.26 Å². The van der Waals surface area contributed by atoms with Crippen LogP contribution in [0.2, 0.25) is 0 Å². The molecule has 5 heteroatoms. The first kappa shape index (κ1) is 12.6. The van der Waals surface area contributed by atoms with Crippen LogP contribution in [0.25, 0.3) is 0 Å². The summed E-state index contributed by atoms with van der Waals surface area (Å²) in [6.07, 6.45) is 1.67. The van der Waals surface area contributed by atoms with Crippen LogP contribution >= 0.6 is 0 Å². The van der Waals surface area contributed by atoms with Gasteiger partial charge in [0.05, 0.1) is 18.5 Å². The summed E-state index contributed by atoms with van der Waals surface area (Å²) in [5.74, 6) is 1.75. The van der Waals surface area contributed by atoms with Crippen molar-refractivity contribution in [2.45, 2.75) is 20.0 Å². The molecule has 0 aliphatic rings. The van der Waals surface area contributed by atoms with Gasteiger partial charge >= 0.3 is 0 Å². The summed E-state index contributed by atoms with van der Waals surface area (Å²) < 4.78 is 5.30. The topological polar surface area (TPSA) is 54.2 Å². The summed E-state index contributed by atoms with van der Waals surface area (Å²) in [5, 5.41) is 11.6. The predicted octanol–water partition coefficient (Wildman–Crippen LogP) is 1.82. The monoisotopic (exact) mass is 246 g/mol. The molecule has 2 aromatic rings. The Morgan fingerprint density at radius 2 is 2.17 bits per heavy atom. The van der Waals surface area contributed by atoms with Crippen molar-refractivity contribution >= 4 is 5.82 Å². The maximum atomic E-state index is 5.30. The number of rotatable bonds is 6. The molecule has 2 heterocycles. The van der Waals surface area contributed by atoms with Gasteiger partial charge in [0.1, 0.15) is 5.76 Å². The SMILES string of the molecule is CCNCc1ccc(N(C)Cc2ccco2)nn1. The molecule has 1 N–H and O–H groups in total. The molecule has 0 saturated heterocycles. The minimum absolute atomic E-state index is 0.689. The fourth-order valence-corrected chi connectivity index (χ4v) is 1.62. The minimum atomic E-state index is 0.689. The van der Waals surface area contributed by atoms with E-state index in [0.29, 0.717) is 6.54 Å². The smallest absolute Gasteiger partial charge is 0.151 e. The highest BCUT2D eigenvalue weighted by atomic mass is 16.3. The Labute approximate surface area is 107 Å². The van der Waals surface area contributed by atoms with E-state index in [-0.39, 0.29) is 0 Å². The third-order valence-corrected chi connectivity index (χ3v) is 2.63. The second-order valence-electron chi connectivity index (χ2n) is 4.10. The van der Waals surface area contributed by atoms with Gasteiger partial charge in [0.2, 0.25) is 0 Å². The van der Waals surface area contributed by atoms with Crippen LogP contribution in [0.15, 0.2) is 34.9 Å². The summed E-state index contributed by atoms with van der Waals surface area (Å²) >= 11 is 0. The summed E-state index contributed by atoms with van der Waals surface area (Å²) in [6, 6.07) is 7.80. The first-order chi connectivity index (χ1) is 8.79.